The van der Waals surface area contributed by atoms with Gasteiger partial charge in [-0.05, 0) is 56.3 Å². The van der Waals surface area contributed by atoms with Crippen LogP contribution in [0.1, 0.15) is 87.0 Å². The van der Waals surface area contributed by atoms with Gasteiger partial charge in [-0.15, -0.1) is 0 Å². The van der Waals surface area contributed by atoms with Crippen LogP contribution in [0.3, 0.4) is 0 Å². The minimum atomic E-state index is -0.931. The predicted molar refractivity (Wildman–Crippen MR) is 113 cm³/mol. The maximum absolute atomic E-state index is 11.8. The summed E-state index contributed by atoms with van der Waals surface area (Å²) in [6.45, 7) is 13.6. The van der Waals surface area contributed by atoms with Crippen molar-refractivity contribution in [2.75, 3.05) is 6.61 Å². The lowest BCUT2D eigenvalue weighted by Gasteiger charge is -2.66. The summed E-state index contributed by atoms with van der Waals surface area (Å²) in [5.74, 6) is -0.329. The summed E-state index contributed by atoms with van der Waals surface area (Å²) in [5.41, 5.74) is -1.20. The van der Waals surface area contributed by atoms with Crippen LogP contribution < -0.4 is 0 Å². The molecule has 1 aliphatic heterocycles. The fourth-order valence-corrected chi connectivity index (χ4v) is 7.54. The van der Waals surface area contributed by atoms with Gasteiger partial charge in [0.1, 0.15) is 12.2 Å². The number of hydrogen-bond acceptors (Lipinski definition) is 6. The molecule has 1 saturated heterocycles. The third-order valence-electron chi connectivity index (χ3n) is 8.47. The Morgan fingerprint density at radius 3 is 2.33 bits per heavy atom. The van der Waals surface area contributed by atoms with Crippen molar-refractivity contribution < 1.29 is 28.9 Å². The molecule has 3 rings (SSSR count). The smallest absolute Gasteiger partial charge is 0.303 e. The highest BCUT2D eigenvalue weighted by atomic mass is 16.6. The lowest BCUT2D eigenvalue weighted by molar-refractivity contribution is -0.315. The minimum absolute atomic E-state index is 0.00229. The van der Waals surface area contributed by atoms with Crippen molar-refractivity contribution in [3.8, 4) is 0 Å². The highest BCUT2D eigenvalue weighted by Gasteiger charge is 2.65. The SMILES string of the molecule is CC(=O)OC[C@H](OC(C)=O)[C@]1(C)C[C@@H](O)[C@@H]2[C@@]3(C)CCCC(C)(C)[C@@H]3CC[C@@]2(C)O1. The molecular weight excluding hydrogens is 384 g/mol. The first-order valence-electron chi connectivity index (χ1n) is 11.4. The molecule has 7 atom stereocenters. The average molecular weight is 425 g/mol. The maximum atomic E-state index is 11.8. The molecule has 0 aromatic heterocycles. The van der Waals surface area contributed by atoms with Gasteiger partial charge in [0.15, 0.2) is 6.10 Å². The van der Waals surface area contributed by atoms with Crippen molar-refractivity contribution in [2.45, 2.75) is 110 Å². The molecule has 0 bridgehead atoms. The van der Waals surface area contributed by atoms with Gasteiger partial charge in [0.05, 0.1) is 11.7 Å². The van der Waals surface area contributed by atoms with E-state index in [4.69, 9.17) is 14.2 Å². The molecule has 30 heavy (non-hydrogen) atoms. The molecule has 3 fully saturated rings. The number of ether oxygens (including phenoxy) is 3. The Morgan fingerprint density at radius 1 is 1.07 bits per heavy atom. The average Bonchev–Trinajstić information content (AvgIpc) is 2.55. The van der Waals surface area contributed by atoms with Crippen LogP contribution in [0.5, 0.6) is 0 Å². The van der Waals surface area contributed by atoms with Crippen molar-refractivity contribution in [1.82, 2.24) is 0 Å². The Morgan fingerprint density at radius 2 is 1.73 bits per heavy atom. The fraction of sp³-hybridized carbons (Fsp3) is 0.917. The Kier molecular flexibility index (Phi) is 6.09. The normalized spacial score (nSPS) is 43.7. The Labute approximate surface area is 181 Å². The van der Waals surface area contributed by atoms with Crippen LogP contribution in [-0.2, 0) is 23.8 Å². The molecule has 6 nitrogen and oxygen atoms in total. The summed E-state index contributed by atoms with van der Waals surface area (Å²) in [6, 6.07) is 0. The number of carbonyl (C=O) groups is 2. The molecule has 2 aliphatic carbocycles. The largest absolute Gasteiger partial charge is 0.462 e. The second-order valence-corrected chi connectivity index (χ2v) is 11.3. The molecule has 0 aromatic carbocycles. The molecule has 0 spiro atoms. The Hall–Kier alpha value is -1.14. The first-order valence-corrected chi connectivity index (χ1v) is 11.4. The Bertz CT molecular complexity index is 689. The monoisotopic (exact) mass is 424 g/mol. The van der Waals surface area contributed by atoms with Crippen LogP contribution in [0.4, 0.5) is 0 Å². The minimum Gasteiger partial charge on any atom is -0.462 e. The van der Waals surface area contributed by atoms with Crippen molar-refractivity contribution in [2.24, 2.45) is 22.7 Å². The molecule has 3 aliphatic rings. The van der Waals surface area contributed by atoms with E-state index in [1.54, 1.807) is 0 Å². The molecule has 2 saturated carbocycles. The summed E-state index contributed by atoms with van der Waals surface area (Å²) in [4.78, 5) is 23.1. The van der Waals surface area contributed by atoms with Gasteiger partial charge in [0.25, 0.3) is 0 Å². The van der Waals surface area contributed by atoms with Gasteiger partial charge < -0.3 is 19.3 Å². The first kappa shape index (κ1) is 23.5. The molecule has 0 aromatic rings. The van der Waals surface area contributed by atoms with E-state index in [1.165, 1.54) is 26.7 Å². The molecule has 6 heteroatoms. The van der Waals surface area contributed by atoms with Gasteiger partial charge in [-0.2, -0.15) is 0 Å². The van der Waals surface area contributed by atoms with E-state index in [1.807, 2.05) is 6.92 Å². The summed E-state index contributed by atoms with van der Waals surface area (Å²) in [7, 11) is 0. The van der Waals surface area contributed by atoms with Crippen molar-refractivity contribution in [3.63, 3.8) is 0 Å². The van der Waals surface area contributed by atoms with E-state index < -0.39 is 35.3 Å². The predicted octanol–water partition coefficient (Wildman–Crippen LogP) is 4.02. The maximum Gasteiger partial charge on any atom is 0.303 e. The zero-order valence-electron chi connectivity index (χ0n) is 19.7. The second kappa shape index (κ2) is 7.77. The van der Waals surface area contributed by atoms with Crippen molar-refractivity contribution in [3.05, 3.63) is 0 Å². The van der Waals surface area contributed by atoms with Crippen molar-refractivity contribution in [1.29, 1.82) is 0 Å². The number of aliphatic hydroxyl groups is 1. The zero-order chi connectivity index (χ0) is 22.5. The van der Waals surface area contributed by atoms with Crippen LogP contribution >= 0.6 is 0 Å². The van der Waals surface area contributed by atoms with E-state index in [-0.39, 0.29) is 23.4 Å². The summed E-state index contributed by atoms with van der Waals surface area (Å²) in [6.07, 6.45) is 4.40. The lowest BCUT2D eigenvalue weighted by Crippen LogP contribution is -2.69. The van der Waals surface area contributed by atoms with Crippen molar-refractivity contribution >= 4 is 11.9 Å². The number of fused-ring (bicyclic) bond motifs is 3. The first-order chi connectivity index (χ1) is 13.7. The molecule has 0 radical (unpaired) electrons. The number of hydrogen-bond donors (Lipinski definition) is 1. The quantitative estimate of drug-likeness (QED) is 0.687. The van der Waals surface area contributed by atoms with Crippen LogP contribution in [0.15, 0.2) is 0 Å². The standard InChI is InChI=1S/C24H40O6/c1-15(25)28-14-19(29-16(2)26)24(7)13-17(27)20-22(5)11-8-10-21(3,4)18(22)9-12-23(20,6)30-24/h17-20,27H,8-14H2,1-7H3/t17-,18+,19+,20-,22+,23-,24+/m1/s1. The topological polar surface area (TPSA) is 82.1 Å². The van der Waals surface area contributed by atoms with E-state index in [0.717, 1.165) is 19.3 Å². The van der Waals surface area contributed by atoms with Gasteiger partial charge in [0.2, 0.25) is 0 Å². The number of rotatable bonds is 4. The number of carbonyl (C=O) groups excluding carboxylic acids is 2. The van der Waals surface area contributed by atoms with E-state index >= 15 is 0 Å². The highest BCUT2D eigenvalue weighted by molar-refractivity contribution is 5.67. The highest BCUT2D eigenvalue weighted by Crippen LogP contribution is 2.65. The molecule has 1 heterocycles. The van der Waals surface area contributed by atoms with Gasteiger partial charge >= 0.3 is 11.9 Å². The molecule has 0 unspecified atom stereocenters. The van der Waals surface area contributed by atoms with Crippen LogP contribution in [0.2, 0.25) is 0 Å². The van der Waals surface area contributed by atoms with E-state index in [9.17, 15) is 14.7 Å². The van der Waals surface area contributed by atoms with Crippen LogP contribution in [0.25, 0.3) is 0 Å². The Balaban J connectivity index is 1.92. The van der Waals surface area contributed by atoms with Gasteiger partial charge in [0, 0.05) is 26.2 Å². The molecule has 172 valence electrons. The lowest BCUT2D eigenvalue weighted by atomic mass is 9.44. The second-order valence-electron chi connectivity index (χ2n) is 11.3. The third kappa shape index (κ3) is 4.02. The zero-order valence-corrected chi connectivity index (χ0v) is 19.7. The molecule has 1 N–H and O–H groups in total. The summed E-state index contributed by atoms with van der Waals surface area (Å²) >= 11 is 0. The number of esters is 2. The van der Waals surface area contributed by atoms with Gasteiger partial charge in [-0.1, -0.05) is 27.2 Å². The van der Waals surface area contributed by atoms with E-state index in [2.05, 4.69) is 27.7 Å². The number of aliphatic hydroxyl groups excluding tert-OH is 1. The molecular formula is C24H40O6. The van der Waals surface area contributed by atoms with Crippen LogP contribution in [-0.4, -0.2) is 47.1 Å². The fourth-order valence-electron chi connectivity index (χ4n) is 7.54. The van der Waals surface area contributed by atoms with E-state index in [0.29, 0.717) is 12.3 Å². The van der Waals surface area contributed by atoms with Gasteiger partial charge in [-0.3, -0.25) is 9.59 Å². The third-order valence-corrected chi connectivity index (χ3v) is 8.47. The molecule has 0 amide bonds. The summed E-state index contributed by atoms with van der Waals surface area (Å²) < 4.78 is 17.5. The van der Waals surface area contributed by atoms with Gasteiger partial charge in [-0.25, -0.2) is 0 Å². The summed E-state index contributed by atoms with van der Waals surface area (Å²) in [5, 5.41) is 11.5. The van der Waals surface area contributed by atoms with Crippen LogP contribution in [0, 0.1) is 22.7 Å².